The number of aromatic nitrogens is 1. The Morgan fingerprint density at radius 1 is 1.07 bits per heavy atom. The summed E-state index contributed by atoms with van der Waals surface area (Å²) >= 11 is 0. The number of fused-ring (bicyclic) bond motifs is 3. The second-order valence-corrected chi connectivity index (χ2v) is 5.81. The number of pyridine rings is 1. The van der Waals surface area contributed by atoms with E-state index in [1.165, 1.54) is 19.9 Å². The molecule has 2 heterocycles. The molecule has 4 nitrogen and oxygen atoms in total. The maximum Gasteiger partial charge on any atom is 0.155 e. The molecule has 4 rings (SSSR count). The zero-order chi connectivity index (χ0) is 18.5. The quantitative estimate of drug-likeness (QED) is 0.209. The van der Waals surface area contributed by atoms with E-state index >= 15 is 0 Å². The van der Waals surface area contributed by atoms with Gasteiger partial charge < -0.3 is 9.52 Å². The molecule has 0 fully saturated rings. The summed E-state index contributed by atoms with van der Waals surface area (Å²) in [5.41, 5.74) is 3.59. The minimum absolute atomic E-state index is 0. The average Bonchev–Trinajstić information content (AvgIpc) is 3.11. The van der Waals surface area contributed by atoms with Gasteiger partial charge in [0.25, 0.3) is 0 Å². The first-order valence-electron chi connectivity index (χ1n) is 8.17. The van der Waals surface area contributed by atoms with E-state index in [9.17, 15) is 4.79 Å². The van der Waals surface area contributed by atoms with Gasteiger partial charge in [0, 0.05) is 42.6 Å². The van der Waals surface area contributed by atoms with E-state index in [4.69, 9.17) is 14.5 Å². The predicted molar refractivity (Wildman–Crippen MR) is 103 cm³/mol. The topological polar surface area (TPSA) is 63.3 Å². The summed E-state index contributed by atoms with van der Waals surface area (Å²) in [6.07, 6.45) is 2.88. The van der Waals surface area contributed by atoms with Gasteiger partial charge >= 0.3 is 0 Å². The molecule has 2 aromatic heterocycles. The van der Waals surface area contributed by atoms with Gasteiger partial charge in [0.05, 0.1) is 17.5 Å². The Hall–Kier alpha value is -2.75. The fourth-order valence-electron chi connectivity index (χ4n) is 2.69. The third-order valence-electron chi connectivity index (χ3n) is 3.68. The van der Waals surface area contributed by atoms with Crippen molar-refractivity contribution >= 4 is 27.7 Å². The molecule has 5 heteroatoms. The van der Waals surface area contributed by atoms with E-state index in [2.05, 4.69) is 12.1 Å². The minimum atomic E-state index is -0.125. The number of ketones is 1. The fraction of sp³-hybridized carbons (Fsp3) is 0.0909. The van der Waals surface area contributed by atoms with E-state index in [0.29, 0.717) is 0 Å². The first-order valence-corrected chi connectivity index (χ1v) is 8.17. The first-order chi connectivity index (χ1) is 12.6. The predicted octanol–water partition coefficient (Wildman–Crippen LogP) is 5.48. The molecule has 0 saturated carbocycles. The van der Waals surface area contributed by atoms with Crippen molar-refractivity contribution in [1.82, 2.24) is 4.98 Å². The van der Waals surface area contributed by atoms with Crippen LogP contribution in [0.25, 0.3) is 33.1 Å². The largest absolute Gasteiger partial charge is 0.512 e. The number of aliphatic hydroxyl groups excluding tert-OH is 1. The van der Waals surface area contributed by atoms with Crippen molar-refractivity contribution in [3.63, 3.8) is 0 Å². The van der Waals surface area contributed by atoms with Crippen LogP contribution in [-0.4, -0.2) is 15.9 Å². The molecule has 0 spiro atoms. The molecule has 1 N–H and O–H groups in total. The molecule has 2 aromatic carbocycles. The third-order valence-corrected chi connectivity index (χ3v) is 3.68. The number of para-hydroxylation sites is 1. The Bertz CT molecular complexity index is 1080. The SMILES string of the molecule is CC(=O)/C=C(/C)O.[Ir].[c-]1ccccc1-c1nc2ccccc2c2ccoc12. The fourth-order valence-corrected chi connectivity index (χ4v) is 2.69. The molecule has 0 aliphatic heterocycles. The molecular formula is C22H18IrNO3-. The van der Waals surface area contributed by atoms with E-state index in [0.717, 1.165) is 33.1 Å². The van der Waals surface area contributed by atoms with E-state index < -0.39 is 0 Å². The molecule has 0 amide bonds. The maximum absolute atomic E-state index is 10.0. The van der Waals surface area contributed by atoms with Crippen LogP contribution in [0.3, 0.4) is 0 Å². The Morgan fingerprint density at radius 3 is 2.44 bits per heavy atom. The number of allylic oxidation sites excluding steroid dienone is 2. The van der Waals surface area contributed by atoms with Crippen molar-refractivity contribution in [3.8, 4) is 11.3 Å². The molecule has 0 aliphatic rings. The zero-order valence-electron chi connectivity index (χ0n) is 14.9. The van der Waals surface area contributed by atoms with E-state index in [1.54, 1.807) is 6.26 Å². The number of carbonyl (C=O) groups is 1. The van der Waals surface area contributed by atoms with E-state index in [1.807, 2.05) is 48.5 Å². The average molecular weight is 537 g/mol. The van der Waals surface area contributed by atoms with Gasteiger partial charge in [-0.3, -0.25) is 9.78 Å². The van der Waals surface area contributed by atoms with Crippen molar-refractivity contribution in [2.24, 2.45) is 0 Å². The van der Waals surface area contributed by atoms with Gasteiger partial charge in [-0.1, -0.05) is 18.2 Å². The monoisotopic (exact) mass is 537 g/mol. The number of nitrogens with zero attached hydrogens (tertiary/aromatic N) is 1. The van der Waals surface area contributed by atoms with Gasteiger partial charge in [0.2, 0.25) is 0 Å². The van der Waals surface area contributed by atoms with Gasteiger partial charge in [0.1, 0.15) is 5.58 Å². The molecule has 1 radical (unpaired) electrons. The summed E-state index contributed by atoms with van der Waals surface area (Å²) in [6.45, 7) is 2.85. The first kappa shape index (κ1) is 20.6. The standard InChI is InChI=1S/C17H10NO.C5H8O2.Ir/c1-2-6-12(7-3-1)16-17-14(10-11-19-17)13-8-4-5-9-15(13)18-16;1-4(6)3-5(2)7;/h1-6,8-11H;3,6H,1-2H3;/q-1;;/b;4-3-;. The second kappa shape index (κ2) is 9.26. The third kappa shape index (κ3) is 4.91. The number of furan rings is 1. The number of carbonyl (C=O) groups excluding carboxylic acids is 1. The Morgan fingerprint density at radius 2 is 1.81 bits per heavy atom. The number of hydrogen-bond acceptors (Lipinski definition) is 4. The van der Waals surface area contributed by atoms with Crippen LogP contribution in [0.1, 0.15) is 13.8 Å². The Balaban J connectivity index is 0.000000285. The van der Waals surface area contributed by atoms with Gasteiger partial charge in [0.15, 0.2) is 5.78 Å². The zero-order valence-corrected chi connectivity index (χ0v) is 17.3. The molecule has 139 valence electrons. The van der Waals surface area contributed by atoms with Crippen LogP contribution in [0.15, 0.2) is 77.1 Å². The van der Waals surface area contributed by atoms with Crippen LogP contribution >= 0.6 is 0 Å². The van der Waals surface area contributed by atoms with Crippen LogP contribution in [0, 0.1) is 6.07 Å². The summed E-state index contributed by atoms with van der Waals surface area (Å²) in [5, 5.41) is 10.6. The van der Waals surface area contributed by atoms with Gasteiger partial charge in [-0.25, -0.2) is 0 Å². The molecule has 4 aromatic rings. The van der Waals surface area contributed by atoms with E-state index in [-0.39, 0.29) is 31.6 Å². The van der Waals surface area contributed by atoms with Crippen LogP contribution in [-0.2, 0) is 24.9 Å². The van der Waals surface area contributed by atoms with Crippen molar-refractivity contribution in [2.45, 2.75) is 13.8 Å². The van der Waals surface area contributed by atoms with Gasteiger partial charge in [-0.15, -0.1) is 35.9 Å². The van der Waals surface area contributed by atoms with Crippen molar-refractivity contribution < 1.29 is 34.4 Å². The summed E-state index contributed by atoms with van der Waals surface area (Å²) < 4.78 is 5.63. The number of aliphatic hydroxyl groups is 1. The summed E-state index contributed by atoms with van der Waals surface area (Å²) in [6, 6.07) is 21.1. The van der Waals surface area contributed by atoms with Crippen LogP contribution < -0.4 is 0 Å². The van der Waals surface area contributed by atoms with Crippen LogP contribution in [0.2, 0.25) is 0 Å². The smallest absolute Gasteiger partial charge is 0.155 e. The molecule has 0 bridgehead atoms. The maximum atomic E-state index is 10.0. The molecule has 27 heavy (non-hydrogen) atoms. The summed E-state index contributed by atoms with van der Waals surface area (Å²) in [5.74, 6) is -0.0625. The van der Waals surface area contributed by atoms with Crippen molar-refractivity contribution in [2.75, 3.05) is 0 Å². The molecule has 0 atom stereocenters. The molecular weight excluding hydrogens is 518 g/mol. The number of benzene rings is 2. The van der Waals surface area contributed by atoms with Crippen LogP contribution in [0.4, 0.5) is 0 Å². The Labute approximate surface area is 170 Å². The minimum Gasteiger partial charge on any atom is -0.512 e. The van der Waals surface area contributed by atoms with Gasteiger partial charge in [-0.05, 0) is 26.0 Å². The Kier molecular flexibility index (Phi) is 7.05. The molecule has 0 saturated heterocycles. The molecule has 0 aliphatic carbocycles. The van der Waals surface area contributed by atoms with Crippen LogP contribution in [0.5, 0.6) is 0 Å². The molecule has 0 unspecified atom stereocenters. The number of hydrogen-bond donors (Lipinski definition) is 1. The van der Waals surface area contributed by atoms with Gasteiger partial charge in [-0.2, -0.15) is 0 Å². The van der Waals surface area contributed by atoms with Crippen molar-refractivity contribution in [1.29, 1.82) is 0 Å². The summed E-state index contributed by atoms with van der Waals surface area (Å²) in [4.78, 5) is 14.7. The summed E-state index contributed by atoms with van der Waals surface area (Å²) in [7, 11) is 0. The van der Waals surface area contributed by atoms with Crippen molar-refractivity contribution in [3.05, 3.63) is 78.8 Å². The second-order valence-electron chi connectivity index (χ2n) is 5.81. The number of rotatable bonds is 2. The normalized spacial score (nSPS) is 10.8.